The number of hydrogen-bond donors (Lipinski definition) is 1. The molecule has 2 aliphatic rings. The van der Waals surface area contributed by atoms with E-state index in [-0.39, 0.29) is 23.7 Å². The van der Waals surface area contributed by atoms with Crippen LogP contribution < -0.4 is 11.1 Å². The molecule has 2 aromatic rings. The maximum absolute atomic E-state index is 12.8. The molecule has 0 radical (unpaired) electrons. The van der Waals surface area contributed by atoms with E-state index in [2.05, 4.69) is 5.32 Å². The van der Waals surface area contributed by atoms with Crippen molar-refractivity contribution in [3.63, 3.8) is 0 Å². The molecule has 1 spiro atoms. The highest BCUT2D eigenvalue weighted by atomic mass is 35.5. The zero-order chi connectivity index (χ0) is 16.0. The molecule has 3 heterocycles. The summed E-state index contributed by atoms with van der Waals surface area (Å²) in [4.78, 5) is 26.3. The van der Waals surface area contributed by atoms with Gasteiger partial charge in [0.25, 0.3) is 5.91 Å². The Labute approximate surface area is 146 Å². The number of halogens is 1. The Hall–Kier alpha value is -1.79. The summed E-state index contributed by atoms with van der Waals surface area (Å²) in [5.74, 6) is -0.360. The number of fused-ring (bicyclic) bond motifs is 1. The average molecular weight is 352 g/mol. The van der Waals surface area contributed by atoms with Crippen molar-refractivity contribution in [3.05, 3.63) is 34.3 Å². The maximum Gasteiger partial charge on any atom is 0.419 e. The third-order valence-electron chi connectivity index (χ3n) is 5.32. The van der Waals surface area contributed by atoms with E-state index in [1.807, 2.05) is 4.90 Å². The number of carbonyl (C=O) groups is 1. The van der Waals surface area contributed by atoms with Gasteiger partial charge in [0.15, 0.2) is 5.58 Å². The SMILES string of the molecule is Cl.Cn1c(=O)oc2ccc(C(=O)N3CCC4(CCCNC4)C3)cc21. The minimum atomic E-state index is -0.405. The van der Waals surface area contributed by atoms with Crippen molar-refractivity contribution < 1.29 is 9.21 Å². The fraction of sp³-hybridized carbons (Fsp3) is 0.529. The van der Waals surface area contributed by atoms with Gasteiger partial charge in [-0.2, -0.15) is 0 Å². The first-order chi connectivity index (χ1) is 11.1. The molecular formula is C17H22ClN3O3. The number of amides is 1. The van der Waals surface area contributed by atoms with Crippen LogP contribution in [0.15, 0.2) is 27.4 Å². The number of benzene rings is 1. The molecule has 6 nitrogen and oxygen atoms in total. The summed E-state index contributed by atoms with van der Waals surface area (Å²) in [6.07, 6.45) is 3.45. The molecule has 1 aromatic heterocycles. The van der Waals surface area contributed by atoms with E-state index < -0.39 is 5.76 Å². The number of oxazole rings is 1. The minimum absolute atomic E-state index is 0. The van der Waals surface area contributed by atoms with Crippen LogP contribution in [-0.2, 0) is 7.05 Å². The lowest BCUT2D eigenvalue weighted by Crippen LogP contribution is -2.42. The van der Waals surface area contributed by atoms with Gasteiger partial charge in [-0.3, -0.25) is 9.36 Å². The predicted molar refractivity (Wildman–Crippen MR) is 93.8 cm³/mol. The van der Waals surface area contributed by atoms with Gasteiger partial charge in [0, 0.05) is 37.7 Å². The van der Waals surface area contributed by atoms with Gasteiger partial charge in [-0.25, -0.2) is 4.79 Å². The van der Waals surface area contributed by atoms with Gasteiger partial charge in [0.05, 0.1) is 5.52 Å². The first-order valence-corrected chi connectivity index (χ1v) is 8.18. The second-order valence-electron chi connectivity index (χ2n) is 6.87. The lowest BCUT2D eigenvalue weighted by molar-refractivity contribution is 0.0764. The van der Waals surface area contributed by atoms with Crippen molar-refractivity contribution in [2.75, 3.05) is 26.2 Å². The van der Waals surface area contributed by atoms with Gasteiger partial charge in [0.1, 0.15) is 0 Å². The lowest BCUT2D eigenvalue weighted by atomic mass is 9.80. The number of hydrogen-bond acceptors (Lipinski definition) is 4. The van der Waals surface area contributed by atoms with E-state index in [4.69, 9.17) is 4.42 Å². The molecule has 0 aliphatic carbocycles. The van der Waals surface area contributed by atoms with Crippen LogP contribution in [-0.4, -0.2) is 41.6 Å². The number of carbonyl (C=O) groups excluding carboxylic acids is 1. The molecule has 130 valence electrons. The number of aryl methyl sites for hydroxylation is 1. The molecule has 4 rings (SSSR count). The van der Waals surface area contributed by atoms with Crippen LogP contribution in [0.4, 0.5) is 0 Å². The van der Waals surface area contributed by atoms with E-state index in [9.17, 15) is 9.59 Å². The highest BCUT2D eigenvalue weighted by molar-refractivity contribution is 5.97. The zero-order valence-corrected chi connectivity index (χ0v) is 14.5. The van der Waals surface area contributed by atoms with Crippen LogP contribution in [0.5, 0.6) is 0 Å². The third-order valence-corrected chi connectivity index (χ3v) is 5.32. The first-order valence-electron chi connectivity index (χ1n) is 8.18. The van der Waals surface area contributed by atoms with Crippen molar-refractivity contribution in [1.82, 2.24) is 14.8 Å². The number of rotatable bonds is 1. The molecule has 1 atom stereocenters. The summed E-state index contributed by atoms with van der Waals surface area (Å²) in [7, 11) is 1.65. The minimum Gasteiger partial charge on any atom is -0.408 e. The number of aromatic nitrogens is 1. The number of nitrogens with one attached hydrogen (secondary N) is 1. The molecule has 2 saturated heterocycles. The van der Waals surface area contributed by atoms with Crippen LogP contribution in [0.1, 0.15) is 29.6 Å². The number of nitrogens with zero attached hydrogens (tertiary/aromatic N) is 2. The van der Waals surface area contributed by atoms with E-state index in [1.54, 1.807) is 25.2 Å². The summed E-state index contributed by atoms with van der Waals surface area (Å²) in [6.45, 7) is 3.72. The van der Waals surface area contributed by atoms with Gasteiger partial charge >= 0.3 is 5.76 Å². The quantitative estimate of drug-likeness (QED) is 0.850. The molecular weight excluding hydrogens is 330 g/mol. The van der Waals surface area contributed by atoms with Gasteiger partial charge in [-0.1, -0.05) is 0 Å². The average Bonchev–Trinajstić information content (AvgIpc) is 3.09. The van der Waals surface area contributed by atoms with Crippen LogP contribution in [0, 0.1) is 5.41 Å². The molecule has 2 fully saturated rings. The van der Waals surface area contributed by atoms with Gasteiger partial charge in [-0.15, -0.1) is 12.4 Å². The Kier molecular flexibility index (Phi) is 4.44. The van der Waals surface area contributed by atoms with Crippen molar-refractivity contribution in [3.8, 4) is 0 Å². The summed E-state index contributed by atoms with van der Waals surface area (Å²) < 4.78 is 6.56. The third kappa shape index (κ3) is 2.74. The number of piperidine rings is 1. The highest BCUT2D eigenvalue weighted by Gasteiger charge is 2.40. The maximum atomic E-state index is 12.8. The van der Waals surface area contributed by atoms with Crippen molar-refractivity contribution in [1.29, 1.82) is 0 Å². The van der Waals surface area contributed by atoms with Crippen LogP contribution in [0.2, 0.25) is 0 Å². The van der Waals surface area contributed by atoms with E-state index in [1.165, 1.54) is 17.4 Å². The Balaban J connectivity index is 0.00000169. The van der Waals surface area contributed by atoms with Gasteiger partial charge < -0.3 is 14.6 Å². The Morgan fingerprint density at radius 1 is 1.33 bits per heavy atom. The topological polar surface area (TPSA) is 67.5 Å². The highest BCUT2D eigenvalue weighted by Crippen LogP contribution is 2.37. The first kappa shape index (κ1) is 17.0. The fourth-order valence-electron chi connectivity index (χ4n) is 3.93. The fourth-order valence-corrected chi connectivity index (χ4v) is 3.93. The molecule has 0 saturated carbocycles. The van der Waals surface area contributed by atoms with Crippen molar-refractivity contribution in [2.24, 2.45) is 12.5 Å². The second-order valence-corrected chi connectivity index (χ2v) is 6.87. The number of likely N-dealkylation sites (tertiary alicyclic amines) is 1. The summed E-state index contributed by atoms with van der Waals surface area (Å²) in [5, 5.41) is 3.46. The van der Waals surface area contributed by atoms with Crippen LogP contribution in [0.3, 0.4) is 0 Å². The molecule has 7 heteroatoms. The standard InChI is InChI=1S/C17H21N3O3.ClH/c1-19-13-9-12(3-4-14(13)23-16(19)22)15(21)20-8-6-17(11-20)5-2-7-18-10-17;/h3-4,9,18H,2,5-8,10-11H2,1H3;1H. The van der Waals surface area contributed by atoms with Crippen LogP contribution >= 0.6 is 12.4 Å². The monoisotopic (exact) mass is 351 g/mol. The van der Waals surface area contributed by atoms with Crippen molar-refractivity contribution >= 4 is 29.4 Å². The van der Waals surface area contributed by atoms with E-state index in [0.717, 1.165) is 32.6 Å². The van der Waals surface area contributed by atoms with E-state index >= 15 is 0 Å². The molecule has 24 heavy (non-hydrogen) atoms. The summed E-state index contributed by atoms with van der Waals surface area (Å²) in [6, 6.07) is 5.21. The summed E-state index contributed by atoms with van der Waals surface area (Å²) in [5.41, 5.74) is 2.05. The molecule has 1 N–H and O–H groups in total. The van der Waals surface area contributed by atoms with Gasteiger partial charge in [-0.05, 0) is 44.0 Å². The Morgan fingerprint density at radius 2 is 2.17 bits per heavy atom. The molecule has 1 aromatic carbocycles. The Bertz CT molecular complexity index is 820. The molecule has 1 amide bonds. The molecule has 1 unspecified atom stereocenters. The van der Waals surface area contributed by atoms with E-state index in [0.29, 0.717) is 16.7 Å². The van der Waals surface area contributed by atoms with Crippen LogP contribution in [0.25, 0.3) is 11.1 Å². The largest absolute Gasteiger partial charge is 0.419 e. The molecule has 2 aliphatic heterocycles. The van der Waals surface area contributed by atoms with Gasteiger partial charge in [0.2, 0.25) is 0 Å². The summed E-state index contributed by atoms with van der Waals surface area (Å²) >= 11 is 0. The Morgan fingerprint density at radius 3 is 2.92 bits per heavy atom. The van der Waals surface area contributed by atoms with Crippen molar-refractivity contribution in [2.45, 2.75) is 19.3 Å². The second kappa shape index (κ2) is 6.26. The normalized spacial score (nSPS) is 23.6. The lowest BCUT2D eigenvalue weighted by Gasteiger charge is -2.33. The zero-order valence-electron chi connectivity index (χ0n) is 13.7. The molecule has 0 bridgehead atoms. The predicted octanol–water partition coefficient (Wildman–Crippen LogP) is 1.77. The smallest absolute Gasteiger partial charge is 0.408 e.